The largest absolute Gasteiger partial charge is 0.495 e. The van der Waals surface area contributed by atoms with Crippen molar-refractivity contribution in [2.45, 2.75) is 18.9 Å². The Morgan fingerprint density at radius 3 is 2.70 bits per heavy atom. The van der Waals surface area contributed by atoms with E-state index >= 15 is 0 Å². The van der Waals surface area contributed by atoms with Crippen molar-refractivity contribution >= 4 is 47.4 Å². The van der Waals surface area contributed by atoms with Gasteiger partial charge in [0.15, 0.2) is 5.82 Å². The van der Waals surface area contributed by atoms with Gasteiger partial charge in [0.1, 0.15) is 17.9 Å². The number of amides is 1. The Morgan fingerprint density at radius 2 is 2.03 bits per heavy atom. The molecule has 0 aliphatic heterocycles. The Morgan fingerprint density at radius 1 is 1.30 bits per heavy atom. The van der Waals surface area contributed by atoms with Gasteiger partial charge in [0.25, 0.3) is 0 Å². The summed E-state index contributed by atoms with van der Waals surface area (Å²) in [6.07, 6.45) is 6.63. The van der Waals surface area contributed by atoms with Crippen molar-refractivity contribution in [1.29, 1.82) is 0 Å². The van der Waals surface area contributed by atoms with Crippen molar-refractivity contribution in [3.63, 3.8) is 0 Å². The van der Waals surface area contributed by atoms with Crippen LogP contribution in [0.4, 0.5) is 17.5 Å². The molecule has 0 fully saturated rings. The molecule has 2 unspecified atom stereocenters. The number of primary amides is 1. The number of carbonyl (C=O) groups excluding carboxylic acids is 1. The third kappa shape index (κ3) is 5.12. The van der Waals surface area contributed by atoms with E-state index in [9.17, 15) is 9.36 Å². The summed E-state index contributed by atoms with van der Waals surface area (Å²) in [6.45, 7) is 3.41. The van der Waals surface area contributed by atoms with E-state index in [1.807, 2.05) is 12.2 Å². The topological polar surface area (TPSA) is 119 Å². The lowest BCUT2D eigenvalue weighted by Gasteiger charge is -2.27. The van der Waals surface area contributed by atoms with Gasteiger partial charge in [-0.15, -0.1) is 0 Å². The molecule has 1 aliphatic rings. The molecule has 2 atom stereocenters. The Labute approximate surface area is 180 Å². The van der Waals surface area contributed by atoms with Gasteiger partial charge >= 0.3 is 0 Å². The first-order valence-corrected chi connectivity index (χ1v) is 12.4. The van der Waals surface area contributed by atoms with E-state index in [2.05, 4.69) is 20.6 Å². The van der Waals surface area contributed by atoms with Gasteiger partial charge in [-0.3, -0.25) is 4.79 Å². The number of carbonyl (C=O) groups is 1. The number of methoxy groups -OCH3 is 1. The Kier molecular flexibility index (Phi) is 6.68. The second-order valence-corrected chi connectivity index (χ2v) is 11.1. The summed E-state index contributed by atoms with van der Waals surface area (Å²) >= 11 is 6.27. The SMILES string of the molecule is COc1cc(P(C)(C)=O)ccc1Nc1ncc(Cl)c(NC2CC=CCC2C(N)=O)n1. The molecule has 3 rings (SSSR count). The predicted molar refractivity (Wildman–Crippen MR) is 121 cm³/mol. The molecule has 8 nitrogen and oxygen atoms in total. The molecule has 0 bridgehead atoms. The van der Waals surface area contributed by atoms with Gasteiger partial charge in [-0.25, -0.2) is 4.98 Å². The number of hydrogen-bond donors (Lipinski definition) is 3. The maximum absolute atomic E-state index is 12.3. The molecule has 0 radical (unpaired) electrons. The highest BCUT2D eigenvalue weighted by atomic mass is 35.5. The smallest absolute Gasteiger partial charge is 0.229 e. The molecule has 4 N–H and O–H groups in total. The lowest BCUT2D eigenvalue weighted by molar-refractivity contribution is -0.122. The number of ether oxygens (including phenoxy) is 1. The molecule has 160 valence electrons. The number of hydrogen-bond acceptors (Lipinski definition) is 7. The molecule has 1 aromatic carbocycles. The van der Waals surface area contributed by atoms with Gasteiger partial charge in [-0.05, 0) is 44.4 Å². The van der Waals surface area contributed by atoms with Crippen LogP contribution in [0.5, 0.6) is 5.75 Å². The molecule has 0 saturated heterocycles. The van der Waals surface area contributed by atoms with E-state index < -0.39 is 7.14 Å². The number of nitrogens with zero attached hydrogens (tertiary/aromatic N) is 2. The molecule has 30 heavy (non-hydrogen) atoms. The second-order valence-electron chi connectivity index (χ2n) is 7.45. The fraction of sp³-hybridized carbons (Fsp3) is 0.350. The Hall–Kier alpha value is -2.57. The van der Waals surface area contributed by atoms with Crippen LogP contribution in [0.2, 0.25) is 5.02 Å². The normalized spacial score (nSPS) is 18.7. The number of anilines is 3. The monoisotopic (exact) mass is 449 g/mol. The minimum Gasteiger partial charge on any atom is -0.495 e. The number of allylic oxidation sites excluding steroid dienone is 1. The minimum absolute atomic E-state index is 0.204. The number of benzene rings is 1. The Balaban J connectivity index is 1.84. The third-order valence-corrected chi connectivity index (χ3v) is 6.72. The Bertz CT molecular complexity index is 1020. The van der Waals surface area contributed by atoms with Crippen molar-refractivity contribution in [3.8, 4) is 5.75 Å². The van der Waals surface area contributed by atoms with E-state index in [-0.39, 0.29) is 17.9 Å². The number of halogens is 1. The first-order chi connectivity index (χ1) is 14.2. The quantitative estimate of drug-likeness (QED) is 0.438. The van der Waals surface area contributed by atoms with Gasteiger partial charge in [0, 0.05) is 11.3 Å². The number of rotatable bonds is 7. The number of nitrogens with two attached hydrogens (primary N) is 1. The molecule has 1 aliphatic carbocycles. The highest BCUT2D eigenvalue weighted by Crippen LogP contribution is 2.38. The van der Waals surface area contributed by atoms with E-state index in [0.717, 1.165) is 0 Å². The molecule has 2 aromatic rings. The molecule has 0 spiro atoms. The molecule has 10 heteroatoms. The van der Waals surface area contributed by atoms with Crippen LogP contribution in [0.3, 0.4) is 0 Å². The standard InChI is InChI=1S/C20H25ClN5O3P/c1-29-17-10-12(30(2,3)28)8-9-16(17)25-20-23-11-14(21)19(26-20)24-15-7-5-4-6-13(15)18(22)27/h4-5,8-11,13,15H,6-7H2,1-3H3,(H2,22,27)(H2,23,24,25,26). The summed E-state index contributed by atoms with van der Waals surface area (Å²) in [5.74, 6) is 0.517. The molecule has 1 heterocycles. The fourth-order valence-corrected chi connectivity index (χ4v) is 4.24. The molecule has 1 aromatic heterocycles. The van der Waals surface area contributed by atoms with Crippen LogP contribution in [0.15, 0.2) is 36.5 Å². The van der Waals surface area contributed by atoms with E-state index in [4.69, 9.17) is 22.1 Å². The number of aromatic nitrogens is 2. The molecule has 1 amide bonds. The van der Waals surface area contributed by atoms with Gasteiger partial charge < -0.3 is 25.7 Å². The van der Waals surface area contributed by atoms with Crippen molar-refractivity contribution < 1.29 is 14.1 Å². The number of nitrogens with one attached hydrogen (secondary N) is 2. The highest BCUT2D eigenvalue weighted by Gasteiger charge is 2.28. The lowest BCUT2D eigenvalue weighted by atomic mass is 9.88. The van der Waals surface area contributed by atoms with Gasteiger partial charge in [0.05, 0.1) is 24.9 Å². The van der Waals surface area contributed by atoms with Crippen molar-refractivity contribution in [1.82, 2.24) is 9.97 Å². The summed E-state index contributed by atoms with van der Waals surface area (Å²) in [5, 5.41) is 7.37. The first-order valence-electron chi connectivity index (χ1n) is 9.43. The van der Waals surface area contributed by atoms with Crippen molar-refractivity contribution in [3.05, 3.63) is 41.6 Å². The molecule has 0 saturated carbocycles. The summed E-state index contributed by atoms with van der Waals surface area (Å²) in [5.41, 5.74) is 6.15. The lowest BCUT2D eigenvalue weighted by Crippen LogP contribution is -2.39. The maximum atomic E-state index is 12.3. The zero-order valence-corrected chi connectivity index (χ0v) is 18.7. The average molecular weight is 450 g/mol. The molecular weight excluding hydrogens is 425 g/mol. The van der Waals surface area contributed by atoms with Crippen LogP contribution in [-0.4, -0.2) is 42.4 Å². The van der Waals surface area contributed by atoms with E-state index in [1.165, 1.54) is 13.3 Å². The van der Waals surface area contributed by atoms with Crippen LogP contribution in [0, 0.1) is 5.92 Å². The first kappa shape index (κ1) is 22.1. The summed E-state index contributed by atoms with van der Waals surface area (Å²) in [7, 11) is -0.881. The zero-order valence-electron chi connectivity index (χ0n) is 17.1. The van der Waals surface area contributed by atoms with Crippen molar-refractivity contribution in [2.24, 2.45) is 11.7 Å². The van der Waals surface area contributed by atoms with Gasteiger partial charge in [-0.1, -0.05) is 23.8 Å². The maximum Gasteiger partial charge on any atom is 0.229 e. The van der Waals surface area contributed by atoms with E-state index in [1.54, 1.807) is 31.5 Å². The van der Waals surface area contributed by atoms with Gasteiger partial charge in [-0.2, -0.15) is 4.98 Å². The van der Waals surface area contributed by atoms with Crippen LogP contribution in [-0.2, 0) is 9.36 Å². The second kappa shape index (κ2) is 9.06. The van der Waals surface area contributed by atoms with Crippen LogP contribution in [0.1, 0.15) is 12.8 Å². The summed E-state index contributed by atoms with van der Waals surface area (Å²) in [6, 6.07) is 5.09. The zero-order chi connectivity index (χ0) is 21.9. The minimum atomic E-state index is -2.42. The van der Waals surface area contributed by atoms with E-state index in [0.29, 0.717) is 46.4 Å². The van der Waals surface area contributed by atoms with Crippen LogP contribution >= 0.6 is 18.7 Å². The third-order valence-electron chi connectivity index (χ3n) is 4.92. The fourth-order valence-electron chi connectivity index (χ4n) is 3.23. The average Bonchev–Trinajstić information content (AvgIpc) is 2.70. The van der Waals surface area contributed by atoms with Crippen LogP contribution in [0.25, 0.3) is 0 Å². The highest BCUT2D eigenvalue weighted by molar-refractivity contribution is 7.70. The molecular formula is C20H25ClN5O3P. The van der Waals surface area contributed by atoms with Crippen LogP contribution < -0.4 is 26.4 Å². The van der Waals surface area contributed by atoms with Crippen molar-refractivity contribution in [2.75, 3.05) is 31.1 Å². The summed E-state index contributed by atoms with van der Waals surface area (Å²) < 4.78 is 17.8. The van der Waals surface area contributed by atoms with Gasteiger partial charge in [0.2, 0.25) is 11.9 Å². The summed E-state index contributed by atoms with van der Waals surface area (Å²) in [4.78, 5) is 20.4. The predicted octanol–water partition coefficient (Wildman–Crippen LogP) is 3.36.